The van der Waals surface area contributed by atoms with Crippen LogP contribution in [0.25, 0.3) is 0 Å². The molecule has 0 unspecified atom stereocenters. The predicted octanol–water partition coefficient (Wildman–Crippen LogP) is 2.54. The molecule has 112 valence electrons. The van der Waals surface area contributed by atoms with Crippen molar-refractivity contribution in [1.82, 2.24) is 15.3 Å². The third-order valence-electron chi connectivity index (χ3n) is 3.29. The number of aromatic nitrogens is 2. The van der Waals surface area contributed by atoms with E-state index < -0.39 is 0 Å². The molecule has 2 rings (SSSR count). The average Bonchev–Trinajstić information content (AvgIpc) is 2.91. The Kier molecular flexibility index (Phi) is 4.98. The molecule has 1 aromatic heterocycles. The third kappa shape index (κ3) is 4.08. The van der Waals surface area contributed by atoms with Gasteiger partial charge in [-0.1, -0.05) is 19.1 Å². The van der Waals surface area contributed by atoms with Crippen LogP contribution in [0.1, 0.15) is 36.5 Å². The van der Waals surface area contributed by atoms with Crippen LogP contribution in [0.4, 0.5) is 0 Å². The van der Waals surface area contributed by atoms with Crippen molar-refractivity contribution >= 4 is 5.91 Å². The fourth-order valence-corrected chi connectivity index (χ4v) is 2.19. The molecule has 1 aromatic carbocycles. The molecule has 0 aliphatic rings. The number of aromatic amines is 1. The number of rotatable bonds is 6. The van der Waals surface area contributed by atoms with Crippen LogP contribution in [0, 0.1) is 6.92 Å². The summed E-state index contributed by atoms with van der Waals surface area (Å²) in [5, 5.41) is 3.01. The van der Waals surface area contributed by atoms with Crippen molar-refractivity contribution in [2.75, 3.05) is 7.11 Å². The van der Waals surface area contributed by atoms with Gasteiger partial charge < -0.3 is 15.0 Å². The minimum absolute atomic E-state index is 0.0239. The van der Waals surface area contributed by atoms with E-state index in [0.29, 0.717) is 6.42 Å². The van der Waals surface area contributed by atoms with Crippen molar-refractivity contribution in [2.24, 2.45) is 0 Å². The maximum atomic E-state index is 12.2. The lowest BCUT2D eigenvalue weighted by atomic mass is 10.1. The number of hydrogen-bond donors (Lipinski definition) is 2. The first-order valence-electron chi connectivity index (χ1n) is 7.06. The smallest absolute Gasteiger partial charge is 0.225 e. The highest BCUT2D eigenvalue weighted by Gasteiger charge is 2.15. The Morgan fingerprint density at radius 2 is 2.29 bits per heavy atom. The summed E-state index contributed by atoms with van der Waals surface area (Å²) in [6.45, 7) is 3.97. The maximum Gasteiger partial charge on any atom is 0.225 e. The third-order valence-corrected chi connectivity index (χ3v) is 3.29. The van der Waals surface area contributed by atoms with Crippen molar-refractivity contribution in [1.29, 1.82) is 0 Å². The number of carbonyl (C=O) groups excluding carboxylic acids is 1. The van der Waals surface area contributed by atoms with Gasteiger partial charge in [0.25, 0.3) is 0 Å². The molecule has 1 heterocycles. The Bertz CT molecular complexity index is 607. The van der Waals surface area contributed by atoms with Gasteiger partial charge in [0.2, 0.25) is 5.91 Å². The molecule has 0 radical (unpaired) electrons. The summed E-state index contributed by atoms with van der Waals surface area (Å²) in [6, 6.07) is 7.45. The molecule has 1 amide bonds. The van der Waals surface area contributed by atoms with Crippen molar-refractivity contribution in [3.05, 3.63) is 47.5 Å². The molecule has 5 nitrogen and oxygen atoms in total. The first-order valence-corrected chi connectivity index (χ1v) is 7.06. The number of nitrogens with one attached hydrogen (secondary N) is 2. The number of carbonyl (C=O) groups is 1. The lowest BCUT2D eigenvalue weighted by Crippen LogP contribution is -2.30. The summed E-state index contributed by atoms with van der Waals surface area (Å²) in [7, 11) is 1.62. The van der Waals surface area contributed by atoms with Crippen LogP contribution in [-0.2, 0) is 11.2 Å². The van der Waals surface area contributed by atoms with Crippen LogP contribution in [0.2, 0.25) is 0 Å². The van der Waals surface area contributed by atoms with Gasteiger partial charge >= 0.3 is 0 Å². The van der Waals surface area contributed by atoms with Crippen molar-refractivity contribution in [2.45, 2.75) is 32.7 Å². The standard InChI is InChI=1S/C16H21N3O2/c1-4-14(16-17-10-11(2)18-16)19-15(20)9-12-6-5-7-13(8-12)21-3/h5-8,10,14H,4,9H2,1-3H3,(H,17,18)(H,19,20)/t14-/m1/s1. The van der Waals surface area contributed by atoms with Crippen molar-refractivity contribution in [3.8, 4) is 5.75 Å². The van der Waals surface area contributed by atoms with Crippen LogP contribution < -0.4 is 10.1 Å². The van der Waals surface area contributed by atoms with Gasteiger partial charge in [0.1, 0.15) is 11.6 Å². The maximum absolute atomic E-state index is 12.2. The number of H-pyrrole nitrogens is 1. The van der Waals surface area contributed by atoms with E-state index in [0.717, 1.165) is 29.3 Å². The van der Waals surface area contributed by atoms with E-state index in [9.17, 15) is 4.79 Å². The second-order valence-corrected chi connectivity index (χ2v) is 5.01. The summed E-state index contributed by atoms with van der Waals surface area (Å²) >= 11 is 0. The van der Waals surface area contributed by atoms with Crippen LogP contribution in [0.15, 0.2) is 30.5 Å². The second kappa shape index (κ2) is 6.92. The molecular formula is C16H21N3O2. The highest BCUT2D eigenvalue weighted by molar-refractivity contribution is 5.79. The molecule has 5 heteroatoms. The zero-order chi connectivity index (χ0) is 15.2. The summed E-state index contributed by atoms with van der Waals surface area (Å²) in [5.74, 6) is 1.53. The van der Waals surface area contributed by atoms with Gasteiger partial charge in [0, 0.05) is 11.9 Å². The topological polar surface area (TPSA) is 67.0 Å². The Balaban J connectivity index is 1.99. The molecule has 0 aliphatic carbocycles. The predicted molar refractivity (Wildman–Crippen MR) is 81.2 cm³/mol. The minimum Gasteiger partial charge on any atom is -0.497 e. The Morgan fingerprint density at radius 3 is 2.90 bits per heavy atom. The fraction of sp³-hybridized carbons (Fsp3) is 0.375. The fourth-order valence-electron chi connectivity index (χ4n) is 2.19. The van der Waals surface area contributed by atoms with Crippen LogP contribution in [-0.4, -0.2) is 23.0 Å². The highest BCUT2D eigenvalue weighted by Crippen LogP contribution is 2.15. The van der Waals surface area contributed by atoms with Gasteiger partial charge in [-0.25, -0.2) is 4.98 Å². The monoisotopic (exact) mass is 287 g/mol. The normalized spacial score (nSPS) is 12.0. The molecule has 0 saturated carbocycles. The first kappa shape index (κ1) is 15.1. The number of imidazole rings is 1. The number of methoxy groups -OCH3 is 1. The summed E-state index contributed by atoms with van der Waals surface area (Å²) in [4.78, 5) is 19.6. The molecule has 2 N–H and O–H groups in total. The second-order valence-electron chi connectivity index (χ2n) is 5.01. The SMILES string of the molecule is CC[C@@H](NC(=O)Cc1cccc(OC)c1)c1ncc(C)[nH]1. The molecule has 0 aliphatic heterocycles. The number of amides is 1. The molecule has 0 fully saturated rings. The molecule has 21 heavy (non-hydrogen) atoms. The van der Waals surface area contributed by atoms with Gasteiger partial charge in [0.15, 0.2) is 0 Å². The number of ether oxygens (including phenoxy) is 1. The molecule has 1 atom stereocenters. The number of hydrogen-bond acceptors (Lipinski definition) is 3. The molecular weight excluding hydrogens is 266 g/mol. The van der Waals surface area contributed by atoms with E-state index in [2.05, 4.69) is 15.3 Å². The first-order chi connectivity index (χ1) is 10.1. The van der Waals surface area contributed by atoms with Crippen LogP contribution in [0.3, 0.4) is 0 Å². The average molecular weight is 287 g/mol. The zero-order valence-electron chi connectivity index (χ0n) is 12.6. The summed E-state index contributed by atoms with van der Waals surface area (Å²) < 4.78 is 5.16. The van der Waals surface area contributed by atoms with E-state index in [1.165, 1.54) is 0 Å². The van der Waals surface area contributed by atoms with E-state index in [-0.39, 0.29) is 11.9 Å². The zero-order valence-corrected chi connectivity index (χ0v) is 12.6. The van der Waals surface area contributed by atoms with Crippen LogP contribution >= 0.6 is 0 Å². The van der Waals surface area contributed by atoms with Crippen molar-refractivity contribution in [3.63, 3.8) is 0 Å². The number of aryl methyl sites for hydroxylation is 1. The Morgan fingerprint density at radius 1 is 1.48 bits per heavy atom. The highest BCUT2D eigenvalue weighted by atomic mass is 16.5. The molecule has 2 aromatic rings. The van der Waals surface area contributed by atoms with E-state index in [1.807, 2.05) is 38.1 Å². The van der Waals surface area contributed by atoms with E-state index >= 15 is 0 Å². The Hall–Kier alpha value is -2.30. The van der Waals surface area contributed by atoms with Crippen molar-refractivity contribution < 1.29 is 9.53 Å². The lowest BCUT2D eigenvalue weighted by Gasteiger charge is -2.15. The number of benzene rings is 1. The van der Waals surface area contributed by atoms with Crippen LogP contribution in [0.5, 0.6) is 5.75 Å². The Labute approximate surface area is 124 Å². The van der Waals surface area contributed by atoms with E-state index in [4.69, 9.17) is 4.74 Å². The quantitative estimate of drug-likeness (QED) is 0.858. The largest absolute Gasteiger partial charge is 0.497 e. The number of nitrogens with zero attached hydrogens (tertiary/aromatic N) is 1. The van der Waals surface area contributed by atoms with Gasteiger partial charge in [-0.15, -0.1) is 0 Å². The molecule has 0 bridgehead atoms. The van der Waals surface area contributed by atoms with Gasteiger partial charge in [0.05, 0.1) is 19.6 Å². The van der Waals surface area contributed by atoms with E-state index in [1.54, 1.807) is 13.3 Å². The summed E-state index contributed by atoms with van der Waals surface area (Å²) in [5.41, 5.74) is 1.92. The molecule has 0 saturated heterocycles. The summed E-state index contributed by atoms with van der Waals surface area (Å²) in [6.07, 6.45) is 2.89. The molecule has 0 spiro atoms. The van der Waals surface area contributed by atoms with Gasteiger partial charge in [-0.05, 0) is 31.0 Å². The van der Waals surface area contributed by atoms with Gasteiger partial charge in [-0.3, -0.25) is 4.79 Å². The van der Waals surface area contributed by atoms with Gasteiger partial charge in [-0.2, -0.15) is 0 Å². The minimum atomic E-state index is -0.0863. The lowest BCUT2D eigenvalue weighted by molar-refractivity contribution is -0.121.